The van der Waals surface area contributed by atoms with E-state index < -0.39 is 6.09 Å². The zero-order chi connectivity index (χ0) is 22.7. The first-order chi connectivity index (χ1) is 15.4. The number of aromatic nitrogens is 5. The Labute approximate surface area is 187 Å². The average Bonchev–Trinajstić information content (AvgIpc) is 3.39. The van der Waals surface area contributed by atoms with Crippen molar-refractivity contribution in [3.63, 3.8) is 0 Å². The van der Waals surface area contributed by atoms with E-state index in [1.54, 1.807) is 16.8 Å². The normalized spacial score (nSPS) is 10.9. The van der Waals surface area contributed by atoms with Gasteiger partial charge in [-0.25, -0.2) is 9.31 Å². The van der Waals surface area contributed by atoms with Crippen molar-refractivity contribution in [3.05, 3.63) is 47.2 Å². The number of carboxylic acid groups (broad SMARTS) is 1. The van der Waals surface area contributed by atoms with Crippen LogP contribution in [0.4, 0.5) is 10.5 Å². The molecule has 0 aliphatic carbocycles. The van der Waals surface area contributed by atoms with Crippen LogP contribution in [0, 0.1) is 11.3 Å². The molecule has 4 aromatic heterocycles. The molecule has 10 nitrogen and oxygen atoms in total. The molecule has 162 valence electrons. The highest BCUT2D eigenvalue weighted by Gasteiger charge is 2.16. The third-order valence-electron chi connectivity index (χ3n) is 4.55. The summed E-state index contributed by atoms with van der Waals surface area (Å²) in [5, 5.41) is 37.8. The van der Waals surface area contributed by atoms with Gasteiger partial charge < -0.3 is 15.7 Å². The molecule has 32 heavy (non-hydrogen) atoms. The molecule has 11 heteroatoms. The lowest BCUT2D eigenvalue weighted by atomic mass is 10.1. The Morgan fingerprint density at radius 3 is 2.88 bits per heavy atom. The number of fused-ring (bicyclic) bond motifs is 1. The summed E-state index contributed by atoms with van der Waals surface area (Å²) in [5.74, 6) is 0. The lowest BCUT2D eigenvalue weighted by molar-refractivity contribution is 0.194. The molecule has 0 radical (unpaired) electrons. The second-order valence-corrected chi connectivity index (χ2v) is 8.37. The van der Waals surface area contributed by atoms with Crippen LogP contribution in [-0.4, -0.2) is 48.6 Å². The lowest BCUT2D eigenvalue weighted by Gasteiger charge is -2.14. The van der Waals surface area contributed by atoms with Crippen LogP contribution in [0.3, 0.4) is 0 Å². The van der Waals surface area contributed by atoms with E-state index in [-0.39, 0.29) is 12.6 Å². The van der Waals surface area contributed by atoms with Crippen LogP contribution in [-0.2, 0) is 6.42 Å². The van der Waals surface area contributed by atoms with Gasteiger partial charge in [0.05, 0.1) is 34.2 Å². The maximum atomic E-state index is 10.6. The first-order valence-corrected chi connectivity index (χ1v) is 10.7. The van der Waals surface area contributed by atoms with Crippen LogP contribution in [0.2, 0.25) is 0 Å². The van der Waals surface area contributed by atoms with E-state index >= 15 is 0 Å². The number of hydrogen-bond acceptors (Lipinski definition) is 8. The summed E-state index contributed by atoms with van der Waals surface area (Å²) in [4.78, 5) is 15.3. The molecule has 0 bridgehead atoms. The minimum Gasteiger partial charge on any atom is -0.465 e. The zero-order valence-corrected chi connectivity index (χ0v) is 18.2. The molecule has 0 atom stereocenters. The van der Waals surface area contributed by atoms with E-state index in [4.69, 9.17) is 10.4 Å². The minimum atomic E-state index is -1.06. The van der Waals surface area contributed by atoms with Gasteiger partial charge in [0.15, 0.2) is 5.01 Å². The van der Waals surface area contributed by atoms with Crippen LogP contribution in [0.1, 0.15) is 24.4 Å². The summed E-state index contributed by atoms with van der Waals surface area (Å²) in [7, 11) is 0. The number of nitriles is 1. The number of nitrogens with one attached hydrogen (secondary N) is 2. The van der Waals surface area contributed by atoms with Crippen LogP contribution < -0.4 is 10.6 Å². The molecule has 4 heterocycles. The third-order valence-corrected chi connectivity index (χ3v) is 5.57. The Kier molecular flexibility index (Phi) is 5.96. The van der Waals surface area contributed by atoms with Crippen molar-refractivity contribution >= 4 is 28.6 Å². The molecule has 4 aromatic rings. The van der Waals surface area contributed by atoms with Gasteiger partial charge in [-0.3, -0.25) is 4.98 Å². The number of pyridine rings is 1. The van der Waals surface area contributed by atoms with Gasteiger partial charge in [-0.05, 0) is 38.1 Å². The van der Waals surface area contributed by atoms with Crippen molar-refractivity contribution < 1.29 is 9.90 Å². The van der Waals surface area contributed by atoms with Crippen molar-refractivity contribution in [1.82, 2.24) is 30.1 Å². The highest BCUT2D eigenvalue weighted by Crippen LogP contribution is 2.33. The summed E-state index contributed by atoms with van der Waals surface area (Å²) in [6.07, 6.45) is 2.69. The largest absolute Gasteiger partial charge is 0.465 e. The molecule has 0 saturated heterocycles. The maximum absolute atomic E-state index is 10.6. The third kappa shape index (κ3) is 4.50. The second-order valence-electron chi connectivity index (χ2n) is 7.31. The number of hydrogen-bond donors (Lipinski definition) is 3. The molecule has 0 spiro atoms. The van der Waals surface area contributed by atoms with Gasteiger partial charge in [-0.15, -0.1) is 10.2 Å². The van der Waals surface area contributed by atoms with Gasteiger partial charge in [0.25, 0.3) is 0 Å². The average molecular weight is 449 g/mol. The summed E-state index contributed by atoms with van der Waals surface area (Å²) in [5.41, 5.74) is 4.52. The predicted molar refractivity (Wildman–Crippen MR) is 121 cm³/mol. The van der Waals surface area contributed by atoms with Crippen molar-refractivity contribution in [2.45, 2.75) is 26.3 Å². The Bertz CT molecular complexity index is 1320. The molecular weight excluding hydrogens is 428 g/mol. The highest BCUT2D eigenvalue weighted by atomic mass is 32.1. The monoisotopic (exact) mass is 448 g/mol. The van der Waals surface area contributed by atoms with Gasteiger partial charge in [0.1, 0.15) is 11.1 Å². The SMILES string of the molecule is CC(C)Nc1cc(-c2ccc3cc(C#N)cnn23)ncc1-c1nnc(CCNC(=O)O)s1. The molecular formula is C21H20N8O2S. The van der Waals surface area contributed by atoms with Crippen LogP contribution in [0.5, 0.6) is 0 Å². The molecule has 3 N–H and O–H groups in total. The number of nitrogens with zero attached hydrogens (tertiary/aromatic N) is 6. The van der Waals surface area contributed by atoms with E-state index in [0.29, 0.717) is 17.0 Å². The summed E-state index contributed by atoms with van der Waals surface area (Å²) >= 11 is 1.41. The number of anilines is 1. The Morgan fingerprint density at radius 2 is 2.12 bits per heavy atom. The standard InChI is InChI=1S/C21H20N8O2S/c1-12(2)26-16-8-17(18-4-3-14-7-13(9-22)10-25-29(14)18)24-11-15(16)20-28-27-19(32-20)5-6-23-21(30)31/h3-4,7-8,10-12,23H,5-6H2,1-2H3,(H,24,26)(H,30,31). The van der Waals surface area contributed by atoms with E-state index in [9.17, 15) is 4.79 Å². The lowest BCUT2D eigenvalue weighted by Crippen LogP contribution is -2.23. The van der Waals surface area contributed by atoms with E-state index in [2.05, 4.69) is 37.0 Å². The fourth-order valence-corrected chi connectivity index (χ4v) is 4.05. The Morgan fingerprint density at radius 1 is 1.28 bits per heavy atom. The van der Waals surface area contributed by atoms with E-state index in [0.717, 1.165) is 33.2 Å². The van der Waals surface area contributed by atoms with Crippen LogP contribution in [0.15, 0.2) is 36.7 Å². The van der Waals surface area contributed by atoms with E-state index in [1.807, 2.05) is 32.0 Å². The molecule has 0 fully saturated rings. The first-order valence-electron chi connectivity index (χ1n) is 9.89. The van der Waals surface area contributed by atoms with E-state index in [1.165, 1.54) is 17.5 Å². The Balaban J connectivity index is 1.68. The number of amides is 1. The molecule has 0 aliphatic rings. The first kappa shape index (κ1) is 21.2. The van der Waals surface area contributed by atoms with Crippen LogP contribution in [0.25, 0.3) is 27.5 Å². The topological polar surface area (TPSA) is 141 Å². The van der Waals surface area contributed by atoms with Crippen LogP contribution >= 0.6 is 11.3 Å². The van der Waals surface area contributed by atoms with Gasteiger partial charge in [-0.1, -0.05) is 11.3 Å². The highest BCUT2D eigenvalue weighted by molar-refractivity contribution is 7.14. The second kappa shape index (κ2) is 8.99. The van der Waals surface area contributed by atoms with Gasteiger partial charge in [0, 0.05) is 30.9 Å². The van der Waals surface area contributed by atoms with Crippen molar-refractivity contribution in [2.24, 2.45) is 0 Å². The fourth-order valence-electron chi connectivity index (χ4n) is 3.19. The molecule has 0 saturated carbocycles. The smallest absolute Gasteiger partial charge is 0.404 e. The summed E-state index contributed by atoms with van der Waals surface area (Å²) in [6.45, 7) is 4.37. The van der Waals surface area contributed by atoms with Crippen molar-refractivity contribution in [2.75, 3.05) is 11.9 Å². The predicted octanol–water partition coefficient (Wildman–Crippen LogP) is 3.42. The molecule has 1 amide bonds. The van der Waals surface area contributed by atoms with Gasteiger partial charge >= 0.3 is 6.09 Å². The molecule has 4 rings (SSSR count). The number of carbonyl (C=O) groups is 1. The summed E-state index contributed by atoms with van der Waals surface area (Å²) < 4.78 is 1.75. The quantitative estimate of drug-likeness (QED) is 0.390. The minimum absolute atomic E-state index is 0.177. The van der Waals surface area contributed by atoms with Crippen molar-refractivity contribution in [1.29, 1.82) is 5.26 Å². The summed E-state index contributed by atoms with van der Waals surface area (Å²) in [6, 6.07) is 9.82. The molecule has 0 aromatic carbocycles. The fraction of sp³-hybridized carbons (Fsp3) is 0.238. The zero-order valence-electron chi connectivity index (χ0n) is 17.4. The van der Waals surface area contributed by atoms with Gasteiger partial charge in [0.2, 0.25) is 0 Å². The maximum Gasteiger partial charge on any atom is 0.404 e. The molecule has 0 unspecified atom stereocenters. The van der Waals surface area contributed by atoms with Crippen molar-refractivity contribution in [3.8, 4) is 28.0 Å². The Hall–Kier alpha value is -4.04. The van der Waals surface area contributed by atoms with Gasteiger partial charge in [-0.2, -0.15) is 10.4 Å². The number of rotatable bonds is 7. The molecule has 0 aliphatic heterocycles.